The monoisotopic (exact) mass is 270 g/mol. The SMILES string of the molecule is CNCCS(=O)(=O)OS(=O)(=O)CCN.[H-].[Na+]. The van der Waals surface area contributed by atoms with Crippen LogP contribution in [0, 0.1) is 0 Å². The van der Waals surface area contributed by atoms with E-state index in [1.807, 2.05) is 0 Å². The second kappa shape index (κ2) is 7.96. The smallest absolute Gasteiger partial charge is 1.00 e. The summed E-state index contributed by atoms with van der Waals surface area (Å²) in [6.45, 7) is -0.0512. The summed E-state index contributed by atoms with van der Waals surface area (Å²) in [5.74, 6) is -0.904. The fourth-order valence-corrected chi connectivity index (χ4v) is 3.15. The molecular formula is C5H15N2NaO5S2. The Morgan fingerprint density at radius 2 is 1.67 bits per heavy atom. The molecule has 0 aliphatic rings. The van der Waals surface area contributed by atoms with E-state index in [0.717, 1.165) is 0 Å². The van der Waals surface area contributed by atoms with Gasteiger partial charge in [-0.15, -0.1) is 3.63 Å². The number of hydrogen-bond donors (Lipinski definition) is 2. The van der Waals surface area contributed by atoms with E-state index in [1.165, 1.54) is 0 Å². The summed E-state index contributed by atoms with van der Waals surface area (Å²) in [7, 11) is -6.54. The summed E-state index contributed by atoms with van der Waals surface area (Å²) in [5.41, 5.74) is 4.97. The summed E-state index contributed by atoms with van der Waals surface area (Å²) in [5, 5.41) is 2.56. The summed E-state index contributed by atoms with van der Waals surface area (Å²) in [4.78, 5) is 0. The molecule has 3 N–H and O–H groups in total. The van der Waals surface area contributed by atoms with Gasteiger partial charge < -0.3 is 12.5 Å². The molecular weight excluding hydrogens is 255 g/mol. The predicted molar refractivity (Wildman–Crippen MR) is 52.8 cm³/mol. The van der Waals surface area contributed by atoms with Crippen molar-refractivity contribution in [2.24, 2.45) is 5.73 Å². The molecule has 0 bridgehead atoms. The maximum Gasteiger partial charge on any atom is 1.00 e. The van der Waals surface area contributed by atoms with Crippen LogP contribution in [0.5, 0.6) is 0 Å². The molecule has 0 saturated heterocycles. The van der Waals surface area contributed by atoms with Crippen LogP contribution in [0.2, 0.25) is 0 Å². The molecule has 7 nitrogen and oxygen atoms in total. The van der Waals surface area contributed by atoms with Crippen molar-refractivity contribution < 1.29 is 51.4 Å². The Labute approximate surface area is 114 Å². The maximum atomic E-state index is 11.0. The van der Waals surface area contributed by atoms with Gasteiger partial charge in [-0.25, -0.2) is 0 Å². The van der Waals surface area contributed by atoms with E-state index in [-0.39, 0.29) is 44.1 Å². The number of nitrogens with two attached hydrogens (primary N) is 1. The molecule has 0 aromatic rings. The van der Waals surface area contributed by atoms with Gasteiger partial charge in [-0.2, -0.15) is 16.8 Å². The fourth-order valence-electron chi connectivity index (χ4n) is 0.597. The minimum absolute atomic E-state index is 0. The van der Waals surface area contributed by atoms with Crippen LogP contribution in [0.15, 0.2) is 0 Å². The first-order valence-corrected chi connectivity index (χ1v) is 6.99. The van der Waals surface area contributed by atoms with Gasteiger partial charge in [-0.1, -0.05) is 0 Å². The quantitative estimate of drug-likeness (QED) is 0.445. The van der Waals surface area contributed by atoms with E-state index in [0.29, 0.717) is 0 Å². The number of rotatable bonds is 7. The van der Waals surface area contributed by atoms with E-state index in [1.54, 1.807) is 7.05 Å². The number of nitrogens with one attached hydrogen (secondary N) is 1. The third-order valence-electron chi connectivity index (χ3n) is 1.18. The fraction of sp³-hybridized carbons (Fsp3) is 1.00. The van der Waals surface area contributed by atoms with Crippen molar-refractivity contribution in [2.75, 3.05) is 31.6 Å². The second-order valence-corrected chi connectivity index (χ2v) is 6.08. The first-order valence-electron chi connectivity index (χ1n) is 3.84. The zero-order valence-corrected chi connectivity index (χ0v) is 12.4. The third-order valence-corrected chi connectivity index (χ3v) is 4.28. The van der Waals surface area contributed by atoms with Crippen LogP contribution < -0.4 is 40.6 Å². The van der Waals surface area contributed by atoms with Crippen molar-refractivity contribution in [1.29, 1.82) is 0 Å². The zero-order chi connectivity index (χ0) is 11.2. The van der Waals surface area contributed by atoms with Crippen LogP contribution >= 0.6 is 0 Å². The van der Waals surface area contributed by atoms with Crippen LogP contribution in [0.4, 0.5) is 0 Å². The van der Waals surface area contributed by atoms with Gasteiger partial charge >= 0.3 is 29.6 Å². The normalized spacial score (nSPS) is 12.1. The van der Waals surface area contributed by atoms with E-state index in [9.17, 15) is 16.8 Å². The van der Waals surface area contributed by atoms with Gasteiger partial charge in [0.15, 0.2) is 0 Å². The van der Waals surface area contributed by atoms with Crippen LogP contribution in [0.1, 0.15) is 1.43 Å². The average Bonchev–Trinajstić information content (AvgIpc) is 1.98. The standard InChI is InChI=1S/C5H14N2O5S2.Na.H/c1-7-3-5-14(10,11)12-13(8,9)4-2-6;;/h7H,2-6H2,1H3;;/q;+1;-1. The van der Waals surface area contributed by atoms with Crippen molar-refractivity contribution in [3.63, 3.8) is 0 Å². The molecule has 0 spiro atoms. The van der Waals surface area contributed by atoms with Gasteiger partial charge in [0.25, 0.3) is 20.2 Å². The van der Waals surface area contributed by atoms with Crippen molar-refractivity contribution >= 4 is 20.2 Å². The molecule has 0 radical (unpaired) electrons. The first kappa shape index (κ1) is 18.2. The Morgan fingerprint density at radius 3 is 2.07 bits per heavy atom. The maximum absolute atomic E-state index is 11.0. The molecule has 0 aliphatic carbocycles. The Balaban J connectivity index is -0.000000845. The minimum atomic E-state index is -4.06. The molecule has 88 valence electrons. The van der Waals surface area contributed by atoms with Crippen molar-refractivity contribution in [3.8, 4) is 0 Å². The van der Waals surface area contributed by atoms with Gasteiger partial charge in [0.05, 0.1) is 11.5 Å². The van der Waals surface area contributed by atoms with E-state index >= 15 is 0 Å². The molecule has 0 aromatic carbocycles. The Bertz CT molecular complexity index is 357. The molecule has 0 saturated carbocycles. The molecule has 10 heteroatoms. The summed E-state index contributed by atoms with van der Waals surface area (Å²) in [6, 6.07) is 0. The topological polar surface area (TPSA) is 116 Å². The van der Waals surface area contributed by atoms with Gasteiger partial charge in [0.1, 0.15) is 0 Å². The van der Waals surface area contributed by atoms with Crippen molar-refractivity contribution in [1.82, 2.24) is 5.32 Å². The van der Waals surface area contributed by atoms with Crippen LogP contribution in [0.25, 0.3) is 0 Å². The molecule has 15 heavy (non-hydrogen) atoms. The number of hydrogen-bond acceptors (Lipinski definition) is 7. The summed E-state index contributed by atoms with van der Waals surface area (Å²) >= 11 is 0. The molecule has 0 unspecified atom stereocenters. The molecule has 0 amide bonds. The van der Waals surface area contributed by atoms with Crippen LogP contribution in [-0.4, -0.2) is 48.5 Å². The van der Waals surface area contributed by atoms with Crippen molar-refractivity contribution in [2.45, 2.75) is 0 Å². The summed E-state index contributed by atoms with van der Waals surface area (Å²) in [6.07, 6.45) is 0. The molecule has 0 rings (SSSR count). The predicted octanol–water partition coefficient (Wildman–Crippen LogP) is -5.04. The van der Waals surface area contributed by atoms with Gasteiger partial charge in [-0.05, 0) is 7.05 Å². The van der Waals surface area contributed by atoms with Crippen molar-refractivity contribution in [3.05, 3.63) is 0 Å². The largest absolute Gasteiger partial charge is 1.00 e. The van der Waals surface area contributed by atoms with Crippen LogP contribution in [-0.2, 0) is 23.9 Å². The van der Waals surface area contributed by atoms with E-state index in [4.69, 9.17) is 5.73 Å². The van der Waals surface area contributed by atoms with Crippen LogP contribution in [0.3, 0.4) is 0 Å². The summed E-state index contributed by atoms with van der Waals surface area (Å²) < 4.78 is 47.8. The zero-order valence-electron chi connectivity index (χ0n) is 9.76. The molecule has 0 aromatic heterocycles. The van der Waals surface area contributed by atoms with Gasteiger partial charge in [0.2, 0.25) is 0 Å². The van der Waals surface area contributed by atoms with Gasteiger partial charge in [0, 0.05) is 13.1 Å². The Hall–Kier alpha value is 0.780. The first-order chi connectivity index (χ1) is 6.33. The molecule has 0 aliphatic heterocycles. The molecule has 0 atom stereocenters. The third kappa shape index (κ3) is 9.69. The molecule has 0 heterocycles. The Kier molecular flexibility index (Phi) is 9.63. The van der Waals surface area contributed by atoms with Gasteiger partial charge in [-0.3, -0.25) is 0 Å². The van der Waals surface area contributed by atoms with E-state index < -0.39 is 31.7 Å². The second-order valence-electron chi connectivity index (χ2n) is 2.48. The Morgan fingerprint density at radius 1 is 1.20 bits per heavy atom. The van der Waals surface area contributed by atoms with E-state index in [2.05, 4.69) is 8.95 Å². The molecule has 0 fully saturated rings. The average molecular weight is 270 g/mol. The minimum Gasteiger partial charge on any atom is -1.00 e.